The largest absolute Gasteiger partial charge is 0.356 e. The van der Waals surface area contributed by atoms with Crippen molar-refractivity contribution >= 4 is 35.1 Å². The lowest BCUT2D eigenvalue weighted by Gasteiger charge is -2.33. The molecule has 0 saturated carbocycles. The Morgan fingerprint density at radius 1 is 1.06 bits per heavy atom. The highest BCUT2D eigenvalue weighted by Gasteiger charge is 2.21. The molecule has 0 spiro atoms. The Bertz CT molecular complexity index is 1080. The zero-order chi connectivity index (χ0) is 23.9. The molecule has 1 N–H and O–H groups in total. The van der Waals surface area contributed by atoms with Crippen LogP contribution in [0.25, 0.3) is 0 Å². The van der Waals surface area contributed by atoms with E-state index in [1.165, 1.54) is 5.56 Å². The van der Waals surface area contributed by atoms with Crippen molar-refractivity contribution in [3.63, 3.8) is 0 Å². The molecule has 2 heterocycles. The van der Waals surface area contributed by atoms with Gasteiger partial charge in [0, 0.05) is 36.5 Å². The number of thioether (sulfide) groups is 1. The first-order chi connectivity index (χ1) is 16.5. The van der Waals surface area contributed by atoms with E-state index in [1.54, 1.807) is 11.8 Å². The summed E-state index contributed by atoms with van der Waals surface area (Å²) in [6, 6.07) is 20.4. The number of piperidine rings is 1. The van der Waals surface area contributed by atoms with Crippen molar-refractivity contribution in [2.24, 2.45) is 5.92 Å². The van der Waals surface area contributed by atoms with Crippen LogP contribution in [0.15, 0.2) is 65.8 Å². The van der Waals surface area contributed by atoms with Gasteiger partial charge in [-0.3, -0.25) is 4.79 Å². The highest BCUT2D eigenvalue weighted by atomic mass is 35.5. The molecule has 0 radical (unpaired) electrons. The number of hydrogen-bond acceptors (Lipinski definition) is 5. The normalized spacial score (nSPS) is 14.4. The Hall–Kier alpha value is -2.57. The molecule has 1 aliphatic rings. The second kappa shape index (κ2) is 11.7. The molecule has 178 valence electrons. The maximum Gasteiger partial charge on any atom is 0.251 e. The summed E-state index contributed by atoms with van der Waals surface area (Å²) in [6.07, 6.45) is 3.43. The number of aromatic nitrogens is 2. The van der Waals surface area contributed by atoms with E-state index in [0.717, 1.165) is 43.7 Å². The van der Waals surface area contributed by atoms with Gasteiger partial charge in [0.05, 0.1) is 0 Å². The van der Waals surface area contributed by atoms with Gasteiger partial charge in [0.2, 0.25) is 0 Å². The summed E-state index contributed by atoms with van der Waals surface area (Å²) in [7, 11) is 0. The van der Waals surface area contributed by atoms with Crippen molar-refractivity contribution in [3.8, 4) is 0 Å². The monoisotopic (exact) mass is 494 g/mol. The van der Waals surface area contributed by atoms with Crippen molar-refractivity contribution in [2.45, 2.75) is 50.1 Å². The van der Waals surface area contributed by atoms with Crippen LogP contribution in [-0.4, -0.2) is 35.0 Å². The van der Waals surface area contributed by atoms with Crippen LogP contribution >= 0.6 is 23.4 Å². The Kier molecular flexibility index (Phi) is 8.46. The van der Waals surface area contributed by atoms with Crippen LogP contribution in [-0.2, 0) is 12.2 Å². The standard InChI is InChI=1S/C27H31ClN4OS/c1-19(2)29-26(33)23-10-8-22(9-11-23)18-34-27-30-24(28)17-25(31-27)32-14-12-21(13-15-32)16-20-6-4-3-5-7-20/h3-11,17,19,21H,12-16,18H2,1-2H3,(H,29,33). The van der Waals surface area contributed by atoms with Crippen LogP contribution in [0, 0.1) is 5.92 Å². The number of halogens is 1. The molecular formula is C27H31ClN4OS. The van der Waals surface area contributed by atoms with E-state index in [2.05, 4.69) is 45.5 Å². The number of rotatable bonds is 8. The van der Waals surface area contributed by atoms with Crippen molar-refractivity contribution in [2.75, 3.05) is 18.0 Å². The fourth-order valence-electron chi connectivity index (χ4n) is 4.17. The van der Waals surface area contributed by atoms with E-state index in [-0.39, 0.29) is 11.9 Å². The highest BCUT2D eigenvalue weighted by Crippen LogP contribution is 2.28. The maximum absolute atomic E-state index is 12.1. The summed E-state index contributed by atoms with van der Waals surface area (Å²) in [5, 5.41) is 4.06. The quantitative estimate of drug-likeness (QED) is 0.236. The smallest absolute Gasteiger partial charge is 0.251 e. The van der Waals surface area contributed by atoms with Crippen LogP contribution in [0.5, 0.6) is 0 Å². The van der Waals surface area contributed by atoms with Gasteiger partial charge < -0.3 is 10.2 Å². The second-order valence-electron chi connectivity index (χ2n) is 9.07. The Balaban J connectivity index is 1.32. The van der Waals surface area contributed by atoms with Gasteiger partial charge in [-0.25, -0.2) is 9.97 Å². The summed E-state index contributed by atoms with van der Waals surface area (Å²) in [5.74, 6) is 2.27. The molecular weight excluding hydrogens is 464 g/mol. The predicted molar refractivity (Wildman–Crippen MR) is 141 cm³/mol. The molecule has 3 aromatic rings. The lowest BCUT2D eigenvalue weighted by molar-refractivity contribution is 0.0943. The van der Waals surface area contributed by atoms with E-state index in [1.807, 2.05) is 44.2 Å². The second-order valence-corrected chi connectivity index (χ2v) is 10.4. The minimum atomic E-state index is -0.0513. The summed E-state index contributed by atoms with van der Waals surface area (Å²) < 4.78 is 0. The summed E-state index contributed by atoms with van der Waals surface area (Å²) in [5.41, 5.74) is 3.19. The SMILES string of the molecule is CC(C)NC(=O)c1ccc(CSc2nc(Cl)cc(N3CCC(Cc4ccccc4)CC3)n2)cc1. The van der Waals surface area contributed by atoms with Gasteiger partial charge in [0.25, 0.3) is 5.91 Å². The third kappa shape index (κ3) is 6.97. The fraction of sp³-hybridized carbons (Fsp3) is 0.370. The summed E-state index contributed by atoms with van der Waals surface area (Å²) in [6.45, 7) is 5.87. The van der Waals surface area contributed by atoms with Crippen LogP contribution in [0.2, 0.25) is 5.15 Å². The lowest BCUT2D eigenvalue weighted by Crippen LogP contribution is -2.35. The number of carbonyl (C=O) groups is 1. The third-order valence-electron chi connectivity index (χ3n) is 5.97. The third-order valence-corrected chi connectivity index (χ3v) is 7.08. The predicted octanol–water partition coefficient (Wildman–Crippen LogP) is 6.02. The number of carbonyl (C=O) groups excluding carboxylic acids is 1. The average Bonchev–Trinajstić information content (AvgIpc) is 2.83. The Morgan fingerprint density at radius 2 is 1.76 bits per heavy atom. The first-order valence-corrected chi connectivity index (χ1v) is 13.2. The van der Waals surface area contributed by atoms with E-state index in [9.17, 15) is 4.79 Å². The molecule has 1 fully saturated rings. The topological polar surface area (TPSA) is 58.1 Å². The molecule has 0 atom stereocenters. The molecule has 1 aliphatic heterocycles. The van der Waals surface area contributed by atoms with Gasteiger partial charge in [0.1, 0.15) is 11.0 Å². The van der Waals surface area contributed by atoms with Crippen molar-refractivity contribution < 1.29 is 4.79 Å². The van der Waals surface area contributed by atoms with Crippen LogP contribution in [0.1, 0.15) is 48.2 Å². The summed E-state index contributed by atoms with van der Waals surface area (Å²) >= 11 is 7.91. The van der Waals surface area contributed by atoms with Crippen molar-refractivity contribution in [1.82, 2.24) is 15.3 Å². The first-order valence-electron chi connectivity index (χ1n) is 11.8. The van der Waals surface area contributed by atoms with Crippen molar-refractivity contribution in [1.29, 1.82) is 0 Å². The minimum absolute atomic E-state index is 0.0513. The first kappa shape index (κ1) is 24.6. The summed E-state index contributed by atoms with van der Waals surface area (Å²) in [4.78, 5) is 23.7. The average molecular weight is 495 g/mol. The number of nitrogens with zero attached hydrogens (tertiary/aromatic N) is 3. The molecule has 5 nitrogen and oxygen atoms in total. The number of amides is 1. The zero-order valence-corrected chi connectivity index (χ0v) is 21.3. The zero-order valence-electron chi connectivity index (χ0n) is 19.7. The molecule has 1 saturated heterocycles. The molecule has 0 bridgehead atoms. The maximum atomic E-state index is 12.1. The Morgan fingerprint density at radius 3 is 2.44 bits per heavy atom. The molecule has 2 aromatic carbocycles. The fourth-order valence-corrected chi connectivity index (χ4v) is 5.21. The van der Waals surface area contributed by atoms with Crippen molar-refractivity contribution in [3.05, 3.63) is 82.5 Å². The van der Waals surface area contributed by atoms with E-state index in [0.29, 0.717) is 27.5 Å². The van der Waals surface area contributed by atoms with Gasteiger partial charge in [-0.1, -0.05) is 65.8 Å². The van der Waals surface area contributed by atoms with Gasteiger partial charge >= 0.3 is 0 Å². The van der Waals surface area contributed by atoms with Gasteiger partial charge in [-0.15, -0.1) is 0 Å². The highest BCUT2D eigenvalue weighted by molar-refractivity contribution is 7.98. The molecule has 1 amide bonds. The number of anilines is 1. The van der Waals surface area contributed by atoms with Crippen LogP contribution in [0.3, 0.4) is 0 Å². The molecule has 34 heavy (non-hydrogen) atoms. The lowest BCUT2D eigenvalue weighted by atomic mass is 9.90. The van der Waals surface area contributed by atoms with Gasteiger partial charge in [0.15, 0.2) is 5.16 Å². The molecule has 4 rings (SSSR count). The number of hydrogen-bond donors (Lipinski definition) is 1. The Labute approximate surface area is 211 Å². The molecule has 7 heteroatoms. The van der Waals surface area contributed by atoms with E-state index in [4.69, 9.17) is 16.6 Å². The van der Waals surface area contributed by atoms with E-state index >= 15 is 0 Å². The number of nitrogens with one attached hydrogen (secondary N) is 1. The van der Waals surface area contributed by atoms with Gasteiger partial charge in [-0.2, -0.15) is 0 Å². The van der Waals surface area contributed by atoms with Crippen LogP contribution in [0.4, 0.5) is 5.82 Å². The molecule has 1 aromatic heterocycles. The van der Waals surface area contributed by atoms with Crippen LogP contribution < -0.4 is 10.2 Å². The van der Waals surface area contributed by atoms with E-state index < -0.39 is 0 Å². The minimum Gasteiger partial charge on any atom is -0.356 e. The molecule has 0 aliphatic carbocycles. The van der Waals surface area contributed by atoms with Gasteiger partial charge in [-0.05, 0) is 62.3 Å². The number of benzene rings is 2. The molecule has 0 unspecified atom stereocenters.